The summed E-state index contributed by atoms with van der Waals surface area (Å²) in [6.07, 6.45) is 0.223. The Morgan fingerprint density at radius 2 is 1.26 bits per heavy atom. The van der Waals surface area contributed by atoms with Crippen LogP contribution in [0.3, 0.4) is 0 Å². The third kappa shape index (κ3) is 6.27. The summed E-state index contributed by atoms with van der Waals surface area (Å²) in [6.45, 7) is -0.541. The summed E-state index contributed by atoms with van der Waals surface area (Å²) >= 11 is 0. The van der Waals surface area contributed by atoms with Gasteiger partial charge in [0.15, 0.2) is 6.61 Å². The third-order valence-electron chi connectivity index (χ3n) is 4.77. The van der Waals surface area contributed by atoms with Crippen LogP contribution in [0.25, 0.3) is 0 Å². The molecule has 0 aliphatic heterocycles. The highest BCUT2D eigenvalue weighted by molar-refractivity contribution is 5.91. The zero-order chi connectivity index (χ0) is 22.1. The van der Waals surface area contributed by atoms with E-state index in [9.17, 15) is 14.4 Å². The van der Waals surface area contributed by atoms with Gasteiger partial charge in [-0.25, -0.2) is 4.79 Å². The number of primary amides is 1. The molecule has 0 unspecified atom stereocenters. The lowest BCUT2D eigenvalue weighted by Crippen LogP contribution is -2.46. The minimum atomic E-state index is -0.968. The van der Waals surface area contributed by atoms with Gasteiger partial charge in [0.1, 0.15) is 6.04 Å². The minimum Gasteiger partial charge on any atom is -0.454 e. The Morgan fingerprint density at radius 3 is 1.74 bits per heavy atom. The number of hydrogen-bond donors (Lipinski definition) is 2. The summed E-state index contributed by atoms with van der Waals surface area (Å²) in [6, 6.07) is 27.0. The van der Waals surface area contributed by atoms with E-state index in [1.54, 1.807) is 0 Å². The fourth-order valence-corrected chi connectivity index (χ4v) is 3.33. The molecule has 0 saturated carbocycles. The van der Waals surface area contributed by atoms with E-state index in [4.69, 9.17) is 10.5 Å². The fraction of sp³-hybridized carbons (Fsp3) is 0.160. The van der Waals surface area contributed by atoms with Gasteiger partial charge in [-0.05, 0) is 16.7 Å². The summed E-state index contributed by atoms with van der Waals surface area (Å²) in [4.78, 5) is 37.1. The van der Waals surface area contributed by atoms with E-state index in [2.05, 4.69) is 5.32 Å². The minimum absolute atomic E-state index is 0.223. The SMILES string of the molecule is NC(=O)COC(=O)[C@H](Cc1ccccc1)NC(=O)C(c1ccccc1)c1ccccc1. The average molecular weight is 416 g/mol. The lowest BCUT2D eigenvalue weighted by molar-refractivity contribution is -0.151. The number of carbonyl (C=O) groups is 3. The maximum Gasteiger partial charge on any atom is 0.329 e. The molecule has 158 valence electrons. The van der Waals surface area contributed by atoms with Crippen LogP contribution in [0.15, 0.2) is 91.0 Å². The third-order valence-corrected chi connectivity index (χ3v) is 4.77. The number of amides is 2. The van der Waals surface area contributed by atoms with Crippen LogP contribution in [-0.2, 0) is 25.5 Å². The molecule has 3 rings (SSSR count). The maximum atomic E-state index is 13.4. The standard InChI is InChI=1S/C25H24N2O4/c26-22(28)17-31-25(30)21(16-18-10-4-1-5-11-18)27-24(29)23(19-12-6-2-7-13-19)20-14-8-3-9-15-20/h1-15,21,23H,16-17H2,(H2,26,28)(H,27,29)/t21-/m0/s1. The van der Waals surface area contributed by atoms with Crippen LogP contribution in [0.5, 0.6) is 0 Å². The van der Waals surface area contributed by atoms with Crippen LogP contribution in [0, 0.1) is 0 Å². The molecule has 0 radical (unpaired) electrons. The van der Waals surface area contributed by atoms with Gasteiger partial charge in [-0.3, -0.25) is 9.59 Å². The number of nitrogens with one attached hydrogen (secondary N) is 1. The zero-order valence-electron chi connectivity index (χ0n) is 16.9. The normalized spacial score (nSPS) is 11.5. The first-order valence-corrected chi connectivity index (χ1v) is 9.93. The molecule has 0 spiro atoms. The number of nitrogens with two attached hydrogens (primary N) is 1. The average Bonchev–Trinajstić information content (AvgIpc) is 2.79. The summed E-state index contributed by atoms with van der Waals surface area (Å²) in [5, 5.41) is 2.82. The molecule has 6 nitrogen and oxygen atoms in total. The summed E-state index contributed by atoms with van der Waals surface area (Å²) in [5.74, 6) is -2.42. The Hall–Kier alpha value is -3.93. The van der Waals surface area contributed by atoms with E-state index in [1.807, 2.05) is 91.0 Å². The number of rotatable bonds is 9. The van der Waals surface area contributed by atoms with Crippen molar-refractivity contribution in [2.45, 2.75) is 18.4 Å². The highest BCUT2D eigenvalue weighted by atomic mass is 16.5. The van der Waals surface area contributed by atoms with Gasteiger partial charge in [-0.15, -0.1) is 0 Å². The Morgan fingerprint density at radius 1 is 0.774 bits per heavy atom. The smallest absolute Gasteiger partial charge is 0.329 e. The predicted octanol–water partition coefficient (Wildman–Crippen LogP) is 2.57. The van der Waals surface area contributed by atoms with Crippen molar-refractivity contribution in [3.05, 3.63) is 108 Å². The summed E-state index contributed by atoms with van der Waals surface area (Å²) in [7, 11) is 0. The molecular weight excluding hydrogens is 392 g/mol. The monoisotopic (exact) mass is 416 g/mol. The maximum absolute atomic E-state index is 13.4. The Bertz CT molecular complexity index is 968. The van der Waals surface area contributed by atoms with Gasteiger partial charge >= 0.3 is 5.97 Å². The topological polar surface area (TPSA) is 98.5 Å². The second kappa shape index (κ2) is 10.7. The molecule has 31 heavy (non-hydrogen) atoms. The molecule has 1 atom stereocenters. The molecule has 0 saturated heterocycles. The van der Waals surface area contributed by atoms with Gasteiger partial charge in [-0.2, -0.15) is 0 Å². The van der Waals surface area contributed by atoms with Crippen molar-refractivity contribution in [2.75, 3.05) is 6.61 Å². The van der Waals surface area contributed by atoms with E-state index >= 15 is 0 Å². The molecule has 3 aromatic carbocycles. The lowest BCUT2D eigenvalue weighted by atomic mass is 9.90. The quantitative estimate of drug-likeness (QED) is 0.524. The highest BCUT2D eigenvalue weighted by Crippen LogP contribution is 2.25. The number of benzene rings is 3. The largest absolute Gasteiger partial charge is 0.454 e. The van der Waals surface area contributed by atoms with Crippen molar-refractivity contribution < 1.29 is 19.1 Å². The highest BCUT2D eigenvalue weighted by Gasteiger charge is 2.29. The molecule has 3 aromatic rings. The van der Waals surface area contributed by atoms with Crippen molar-refractivity contribution in [1.82, 2.24) is 5.32 Å². The van der Waals surface area contributed by atoms with E-state index < -0.39 is 30.4 Å². The second-order valence-corrected chi connectivity index (χ2v) is 7.08. The van der Waals surface area contributed by atoms with E-state index in [0.717, 1.165) is 16.7 Å². The Labute approximate surface area is 181 Å². The number of ether oxygens (including phenoxy) is 1. The molecule has 0 aliphatic rings. The van der Waals surface area contributed by atoms with E-state index in [1.165, 1.54) is 0 Å². The molecule has 0 bridgehead atoms. The van der Waals surface area contributed by atoms with Crippen molar-refractivity contribution in [1.29, 1.82) is 0 Å². The van der Waals surface area contributed by atoms with Crippen molar-refractivity contribution in [3.8, 4) is 0 Å². The summed E-state index contributed by atoms with van der Waals surface area (Å²) < 4.78 is 5.00. The number of esters is 1. The molecule has 0 fully saturated rings. The lowest BCUT2D eigenvalue weighted by Gasteiger charge is -2.22. The van der Waals surface area contributed by atoms with Crippen LogP contribution in [0.2, 0.25) is 0 Å². The predicted molar refractivity (Wildman–Crippen MR) is 117 cm³/mol. The van der Waals surface area contributed by atoms with E-state index in [0.29, 0.717) is 0 Å². The Kier molecular flexibility index (Phi) is 7.54. The van der Waals surface area contributed by atoms with Crippen molar-refractivity contribution in [3.63, 3.8) is 0 Å². The molecule has 6 heteroatoms. The van der Waals surface area contributed by atoms with Crippen LogP contribution < -0.4 is 11.1 Å². The van der Waals surface area contributed by atoms with Crippen LogP contribution in [0.1, 0.15) is 22.6 Å². The number of hydrogen-bond acceptors (Lipinski definition) is 4. The van der Waals surface area contributed by atoms with Crippen LogP contribution in [-0.4, -0.2) is 30.4 Å². The molecule has 2 amide bonds. The number of carbonyl (C=O) groups excluding carboxylic acids is 3. The van der Waals surface area contributed by atoms with Crippen molar-refractivity contribution in [2.24, 2.45) is 5.73 Å². The second-order valence-electron chi connectivity index (χ2n) is 7.08. The first-order chi connectivity index (χ1) is 15.0. The van der Waals surface area contributed by atoms with E-state index in [-0.39, 0.29) is 12.3 Å². The molecule has 3 N–H and O–H groups in total. The molecule has 0 aliphatic carbocycles. The van der Waals surface area contributed by atoms with Gasteiger partial charge in [0, 0.05) is 6.42 Å². The van der Waals surface area contributed by atoms with Crippen LogP contribution >= 0.6 is 0 Å². The van der Waals surface area contributed by atoms with Crippen molar-refractivity contribution >= 4 is 17.8 Å². The first kappa shape index (κ1) is 21.8. The first-order valence-electron chi connectivity index (χ1n) is 9.93. The fourth-order valence-electron chi connectivity index (χ4n) is 3.33. The zero-order valence-corrected chi connectivity index (χ0v) is 16.9. The van der Waals surface area contributed by atoms with Gasteiger partial charge in [0.25, 0.3) is 5.91 Å². The summed E-state index contributed by atoms with van der Waals surface area (Å²) in [5.41, 5.74) is 7.54. The van der Waals surface area contributed by atoms with Gasteiger partial charge < -0.3 is 15.8 Å². The van der Waals surface area contributed by atoms with Gasteiger partial charge in [0.2, 0.25) is 5.91 Å². The van der Waals surface area contributed by atoms with Gasteiger partial charge in [0.05, 0.1) is 5.92 Å². The molecule has 0 heterocycles. The molecule has 0 aromatic heterocycles. The molecular formula is C25H24N2O4. The van der Waals surface area contributed by atoms with Gasteiger partial charge in [-0.1, -0.05) is 91.0 Å². The Balaban J connectivity index is 1.87. The van der Waals surface area contributed by atoms with Crippen LogP contribution in [0.4, 0.5) is 0 Å².